The van der Waals surface area contributed by atoms with Gasteiger partial charge in [-0.15, -0.1) is 11.8 Å². The zero-order chi connectivity index (χ0) is 11.7. The van der Waals surface area contributed by atoms with Crippen molar-refractivity contribution in [1.82, 2.24) is 5.32 Å². The van der Waals surface area contributed by atoms with E-state index < -0.39 is 0 Å². The molecule has 0 spiro atoms. The Hall–Kier alpha value is 0.300. The highest BCUT2D eigenvalue weighted by Crippen LogP contribution is 2.38. The number of nitrogens with one attached hydrogen (secondary N) is 1. The Morgan fingerprint density at radius 2 is 2.20 bits per heavy atom. The van der Waals surface area contributed by atoms with E-state index in [2.05, 4.69) is 35.1 Å². The number of thioether (sulfide) groups is 1. The first-order chi connectivity index (χ1) is 6.78. The Labute approximate surface area is 105 Å². The zero-order valence-corrected chi connectivity index (χ0v) is 12.3. The Balaban J connectivity index is 2.62. The van der Waals surface area contributed by atoms with Crippen LogP contribution in [0.2, 0.25) is 0 Å². The van der Waals surface area contributed by atoms with E-state index in [0.717, 1.165) is 18.6 Å². The van der Waals surface area contributed by atoms with Gasteiger partial charge >= 0.3 is 0 Å². The lowest BCUT2D eigenvalue weighted by Gasteiger charge is -2.33. The van der Waals surface area contributed by atoms with Crippen molar-refractivity contribution in [3.05, 3.63) is 0 Å². The van der Waals surface area contributed by atoms with E-state index in [-0.39, 0.29) is 21.0 Å². The minimum atomic E-state index is -0.209. The fourth-order valence-corrected chi connectivity index (χ4v) is 2.81. The summed E-state index contributed by atoms with van der Waals surface area (Å²) < 4.78 is -0.209. The number of halogens is 1. The van der Waals surface area contributed by atoms with Crippen LogP contribution >= 0.6 is 27.7 Å². The second-order valence-electron chi connectivity index (χ2n) is 4.97. The van der Waals surface area contributed by atoms with Crippen molar-refractivity contribution in [2.24, 2.45) is 0 Å². The maximum absolute atomic E-state index is 12.1. The molecule has 0 aromatic heterocycles. The first-order valence-electron chi connectivity index (χ1n) is 5.38. The van der Waals surface area contributed by atoms with Crippen molar-refractivity contribution in [2.75, 3.05) is 5.75 Å². The fourth-order valence-electron chi connectivity index (χ4n) is 1.48. The lowest BCUT2D eigenvalue weighted by atomic mass is 9.98. The first kappa shape index (κ1) is 13.4. The van der Waals surface area contributed by atoms with Gasteiger partial charge in [0.05, 0.1) is 4.75 Å². The number of amides is 1. The standard InChI is InChI=1S/C11H20BrNOS/c1-8(12)10(2,3)13-9(14)11(4)6-5-7-15-11/h8H,5-7H2,1-4H3,(H,13,14). The summed E-state index contributed by atoms with van der Waals surface area (Å²) >= 11 is 5.31. The van der Waals surface area contributed by atoms with Gasteiger partial charge < -0.3 is 5.32 Å². The molecule has 4 heteroatoms. The van der Waals surface area contributed by atoms with Crippen LogP contribution in [-0.4, -0.2) is 26.8 Å². The summed E-state index contributed by atoms with van der Waals surface area (Å²) in [6.07, 6.45) is 2.15. The topological polar surface area (TPSA) is 29.1 Å². The van der Waals surface area contributed by atoms with Gasteiger partial charge in [0.1, 0.15) is 0 Å². The van der Waals surface area contributed by atoms with E-state index in [1.54, 1.807) is 11.8 Å². The molecule has 0 radical (unpaired) electrons. The van der Waals surface area contributed by atoms with Crippen LogP contribution < -0.4 is 5.32 Å². The lowest BCUT2D eigenvalue weighted by molar-refractivity contribution is -0.124. The van der Waals surface area contributed by atoms with Gasteiger partial charge in [-0.05, 0) is 39.4 Å². The van der Waals surface area contributed by atoms with Crippen LogP contribution in [0.25, 0.3) is 0 Å². The second-order valence-corrected chi connectivity index (χ2v) is 7.95. The van der Waals surface area contributed by atoms with Gasteiger partial charge in [-0.2, -0.15) is 0 Å². The average molecular weight is 294 g/mol. The third kappa shape index (κ3) is 3.13. The molecule has 1 aliphatic heterocycles. The second kappa shape index (κ2) is 4.66. The zero-order valence-electron chi connectivity index (χ0n) is 9.89. The lowest BCUT2D eigenvalue weighted by Crippen LogP contribution is -2.54. The highest BCUT2D eigenvalue weighted by atomic mass is 79.9. The Kier molecular flexibility index (Phi) is 4.15. The molecule has 88 valence electrons. The Morgan fingerprint density at radius 1 is 1.60 bits per heavy atom. The number of hydrogen-bond donors (Lipinski definition) is 1. The van der Waals surface area contributed by atoms with E-state index in [9.17, 15) is 4.79 Å². The molecule has 2 unspecified atom stereocenters. The van der Waals surface area contributed by atoms with Crippen LogP contribution in [0.5, 0.6) is 0 Å². The SMILES string of the molecule is CC(Br)C(C)(C)NC(=O)C1(C)CCCS1. The van der Waals surface area contributed by atoms with Crippen molar-refractivity contribution >= 4 is 33.6 Å². The van der Waals surface area contributed by atoms with Gasteiger partial charge in [0.25, 0.3) is 0 Å². The average Bonchev–Trinajstić information content (AvgIpc) is 2.52. The molecule has 15 heavy (non-hydrogen) atoms. The van der Waals surface area contributed by atoms with Crippen molar-refractivity contribution in [2.45, 2.75) is 55.6 Å². The predicted molar refractivity (Wildman–Crippen MR) is 70.7 cm³/mol. The number of rotatable bonds is 3. The number of carbonyl (C=O) groups excluding carboxylic acids is 1. The van der Waals surface area contributed by atoms with Crippen LogP contribution in [0.3, 0.4) is 0 Å². The van der Waals surface area contributed by atoms with E-state index in [1.165, 1.54) is 0 Å². The maximum Gasteiger partial charge on any atom is 0.236 e. The third-order valence-electron chi connectivity index (χ3n) is 3.13. The Bertz CT molecular complexity index is 247. The number of hydrogen-bond acceptors (Lipinski definition) is 2. The summed E-state index contributed by atoms with van der Waals surface area (Å²) in [4.78, 5) is 12.4. The fraction of sp³-hybridized carbons (Fsp3) is 0.909. The molecular formula is C11H20BrNOS. The van der Waals surface area contributed by atoms with E-state index >= 15 is 0 Å². The van der Waals surface area contributed by atoms with Crippen molar-refractivity contribution in [1.29, 1.82) is 0 Å². The normalized spacial score (nSPS) is 28.9. The van der Waals surface area contributed by atoms with Gasteiger partial charge in [-0.25, -0.2) is 0 Å². The van der Waals surface area contributed by atoms with E-state index in [1.807, 2.05) is 13.8 Å². The third-order valence-corrected chi connectivity index (χ3v) is 5.79. The maximum atomic E-state index is 12.1. The van der Waals surface area contributed by atoms with E-state index in [0.29, 0.717) is 0 Å². The van der Waals surface area contributed by atoms with Crippen molar-refractivity contribution in [3.63, 3.8) is 0 Å². The van der Waals surface area contributed by atoms with E-state index in [4.69, 9.17) is 0 Å². The molecule has 0 saturated carbocycles. The quantitative estimate of drug-likeness (QED) is 0.811. The van der Waals surface area contributed by atoms with Crippen LogP contribution in [0.1, 0.15) is 40.5 Å². The molecule has 1 N–H and O–H groups in total. The molecule has 0 aliphatic carbocycles. The van der Waals surface area contributed by atoms with Crippen molar-refractivity contribution in [3.8, 4) is 0 Å². The Morgan fingerprint density at radius 3 is 2.60 bits per heavy atom. The monoisotopic (exact) mass is 293 g/mol. The summed E-state index contributed by atoms with van der Waals surface area (Å²) in [7, 11) is 0. The summed E-state index contributed by atoms with van der Waals surface area (Å²) in [6, 6.07) is 0. The first-order valence-corrected chi connectivity index (χ1v) is 7.29. The summed E-state index contributed by atoms with van der Waals surface area (Å²) in [6.45, 7) is 8.21. The molecule has 0 aromatic rings. The molecule has 1 saturated heterocycles. The smallest absolute Gasteiger partial charge is 0.236 e. The van der Waals surface area contributed by atoms with Gasteiger partial charge in [0, 0.05) is 10.4 Å². The molecule has 2 nitrogen and oxygen atoms in total. The largest absolute Gasteiger partial charge is 0.349 e. The summed E-state index contributed by atoms with van der Waals surface area (Å²) in [5.74, 6) is 1.29. The van der Waals surface area contributed by atoms with Gasteiger partial charge in [-0.1, -0.05) is 22.9 Å². The number of alkyl halides is 1. The summed E-state index contributed by atoms with van der Waals surface area (Å²) in [5.41, 5.74) is -0.191. The minimum Gasteiger partial charge on any atom is -0.349 e. The summed E-state index contributed by atoms with van der Waals surface area (Å²) in [5, 5.41) is 3.13. The van der Waals surface area contributed by atoms with Crippen molar-refractivity contribution < 1.29 is 4.79 Å². The van der Waals surface area contributed by atoms with Crippen LogP contribution in [0.15, 0.2) is 0 Å². The molecule has 1 amide bonds. The van der Waals surface area contributed by atoms with Crippen LogP contribution in [0.4, 0.5) is 0 Å². The van der Waals surface area contributed by atoms with Gasteiger partial charge in [0.15, 0.2) is 0 Å². The molecule has 1 heterocycles. The van der Waals surface area contributed by atoms with Crippen LogP contribution in [0, 0.1) is 0 Å². The highest BCUT2D eigenvalue weighted by Gasteiger charge is 2.40. The molecule has 2 atom stereocenters. The predicted octanol–water partition coefficient (Wildman–Crippen LogP) is 2.95. The van der Waals surface area contributed by atoms with Gasteiger partial charge in [0.2, 0.25) is 5.91 Å². The molecule has 1 rings (SSSR count). The van der Waals surface area contributed by atoms with Crippen LogP contribution in [-0.2, 0) is 4.79 Å². The molecule has 0 aromatic carbocycles. The van der Waals surface area contributed by atoms with Gasteiger partial charge in [-0.3, -0.25) is 4.79 Å². The molecule has 1 fully saturated rings. The minimum absolute atomic E-state index is 0.182. The number of carbonyl (C=O) groups is 1. The highest BCUT2D eigenvalue weighted by molar-refractivity contribution is 9.09. The molecular weight excluding hydrogens is 274 g/mol. The molecule has 1 aliphatic rings. The molecule has 0 bridgehead atoms.